The van der Waals surface area contributed by atoms with Crippen LogP contribution in [0.5, 0.6) is 0 Å². The Kier molecular flexibility index (Phi) is 6.74. The van der Waals surface area contributed by atoms with Crippen molar-refractivity contribution in [2.24, 2.45) is 0 Å². The van der Waals surface area contributed by atoms with Crippen molar-refractivity contribution in [1.82, 2.24) is 0 Å². The summed E-state index contributed by atoms with van der Waals surface area (Å²) in [7, 11) is -1.85. The molecule has 6 heteroatoms. The second kappa shape index (κ2) is 9.08. The van der Waals surface area contributed by atoms with Crippen molar-refractivity contribution < 1.29 is 18.6 Å². The lowest BCUT2D eigenvalue weighted by Gasteiger charge is -2.20. The average molecular weight is 428 g/mol. The first kappa shape index (κ1) is 21.5. The second-order valence-electron chi connectivity index (χ2n) is 6.86. The lowest BCUT2D eigenvalue weighted by molar-refractivity contribution is 0.0605. The monoisotopic (exact) mass is 428 g/mol. The van der Waals surface area contributed by atoms with Gasteiger partial charge in [0.15, 0.2) is 0 Å². The molecule has 0 N–H and O–H groups in total. The zero-order valence-electron chi connectivity index (χ0n) is 17.1. The predicted octanol–water partition coefficient (Wildman–Crippen LogP) is 5.96. The van der Waals surface area contributed by atoms with Gasteiger partial charge in [0.2, 0.25) is 7.37 Å². The van der Waals surface area contributed by atoms with E-state index in [1.165, 1.54) is 18.4 Å². The molecule has 1 atom stereocenters. The molecule has 1 aromatic heterocycles. The Morgan fingerprint density at radius 2 is 1.79 bits per heavy atom. The molecule has 0 spiro atoms. The minimum absolute atomic E-state index is 0.151. The number of carbonyl (C=O) groups excluding carboxylic acids is 1. The minimum atomic E-state index is -3.21. The molecule has 3 rings (SSSR count). The van der Waals surface area contributed by atoms with E-state index in [2.05, 4.69) is 0 Å². The van der Waals surface area contributed by atoms with Crippen molar-refractivity contribution in [1.29, 1.82) is 0 Å². The van der Waals surface area contributed by atoms with E-state index in [4.69, 9.17) is 9.26 Å². The van der Waals surface area contributed by atoms with Gasteiger partial charge in [-0.2, -0.15) is 0 Å². The fraction of sp³-hybridized carbons (Fsp3) is 0.261. The van der Waals surface area contributed by atoms with Crippen molar-refractivity contribution >= 4 is 30.0 Å². The highest BCUT2D eigenvalue weighted by molar-refractivity contribution is 7.66. The maximum Gasteiger partial charge on any atom is 0.348 e. The van der Waals surface area contributed by atoms with E-state index in [9.17, 15) is 9.36 Å². The van der Waals surface area contributed by atoms with Crippen molar-refractivity contribution in [2.75, 3.05) is 13.7 Å². The molecule has 3 aromatic rings. The molecule has 0 aliphatic heterocycles. The molecule has 29 heavy (non-hydrogen) atoms. The van der Waals surface area contributed by atoms with Gasteiger partial charge in [-0.1, -0.05) is 48.0 Å². The van der Waals surface area contributed by atoms with Crippen LogP contribution in [0.4, 0.5) is 0 Å². The molecule has 0 amide bonds. The predicted molar refractivity (Wildman–Crippen MR) is 120 cm³/mol. The van der Waals surface area contributed by atoms with Crippen LogP contribution in [-0.4, -0.2) is 19.7 Å². The van der Waals surface area contributed by atoms with Gasteiger partial charge >= 0.3 is 5.97 Å². The third-order valence-corrected chi connectivity index (χ3v) is 8.55. The summed E-state index contributed by atoms with van der Waals surface area (Å²) in [5, 5.41) is 0.702. The Hall–Kier alpha value is -2.20. The van der Waals surface area contributed by atoms with E-state index in [0.29, 0.717) is 22.4 Å². The number of hydrogen-bond donors (Lipinski definition) is 0. The largest absolute Gasteiger partial charge is 0.465 e. The van der Waals surface area contributed by atoms with Crippen LogP contribution in [0.1, 0.15) is 33.3 Å². The highest BCUT2D eigenvalue weighted by atomic mass is 32.1. The van der Waals surface area contributed by atoms with Gasteiger partial charge in [-0.15, -0.1) is 11.3 Å². The van der Waals surface area contributed by atoms with Gasteiger partial charge in [-0.25, -0.2) is 4.79 Å². The average Bonchev–Trinajstić information content (AvgIpc) is 3.11. The number of hydrogen-bond acceptors (Lipinski definition) is 5. The quantitative estimate of drug-likeness (QED) is 0.344. The van der Waals surface area contributed by atoms with Gasteiger partial charge in [0.1, 0.15) is 4.88 Å². The van der Waals surface area contributed by atoms with Gasteiger partial charge in [0, 0.05) is 10.2 Å². The van der Waals surface area contributed by atoms with E-state index >= 15 is 0 Å². The standard InChI is InChI=1S/C23H25O4PS/c1-5-27-28(25,20-12-11-16(2)13-17(20)3)15-19-14-21(18-9-7-6-8-10-18)29-22(19)23(24)26-4/h6-14H,5,15H2,1-4H3. The molecule has 0 radical (unpaired) electrons. The molecule has 2 aromatic carbocycles. The van der Waals surface area contributed by atoms with Crippen LogP contribution in [0.2, 0.25) is 0 Å². The Labute approximate surface area is 176 Å². The highest BCUT2D eigenvalue weighted by Crippen LogP contribution is 2.51. The van der Waals surface area contributed by atoms with Crippen LogP contribution in [0.3, 0.4) is 0 Å². The summed E-state index contributed by atoms with van der Waals surface area (Å²) in [6.07, 6.45) is 0.151. The molecule has 0 saturated carbocycles. The highest BCUT2D eigenvalue weighted by Gasteiger charge is 2.31. The normalized spacial score (nSPS) is 13.1. The molecule has 0 fully saturated rings. The summed E-state index contributed by atoms with van der Waals surface area (Å²) in [5.41, 5.74) is 3.73. The van der Waals surface area contributed by atoms with Gasteiger partial charge in [-0.3, -0.25) is 4.57 Å². The summed E-state index contributed by atoms with van der Waals surface area (Å²) in [6.45, 7) is 6.11. The first-order chi connectivity index (χ1) is 13.9. The molecule has 0 aliphatic carbocycles. The summed E-state index contributed by atoms with van der Waals surface area (Å²) in [4.78, 5) is 13.8. The minimum Gasteiger partial charge on any atom is -0.465 e. The fourth-order valence-corrected chi connectivity index (χ4v) is 7.01. The smallest absolute Gasteiger partial charge is 0.348 e. The SMILES string of the molecule is CCOP(=O)(Cc1cc(-c2ccccc2)sc1C(=O)OC)c1ccc(C)cc1C. The van der Waals surface area contributed by atoms with Crippen LogP contribution in [-0.2, 0) is 20.0 Å². The zero-order chi connectivity index (χ0) is 21.0. The molecular formula is C23H25O4PS. The van der Waals surface area contributed by atoms with Gasteiger partial charge in [0.25, 0.3) is 0 Å². The van der Waals surface area contributed by atoms with Crippen molar-refractivity contribution in [3.63, 3.8) is 0 Å². The summed E-state index contributed by atoms with van der Waals surface area (Å²) in [6, 6.07) is 17.6. The first-order valence-corrected chi connectivity index (χ1v) is 12.1. The van der Waals surface area contributed by atoms with Crippen molar-refractivity contribution in [3.8, 4) is 10.4 Å². The lowest BCUT2D eigenvalue weighted by Crippen LogP contribution is -2.14. The third-order valence-electron chi connectivity index (χ3n) is 4.67. The Morgan fingerprint density at radius 3 is 2.41 bits per heavy atom. The lowest BCUT2D eigenvalue weighted by atomic mass is 10.1. The topological polar surface area (TPSA) is 52.6 Å². The molecule has 0 aliphatic rings. The van der Waals surface area contributed by atoms with Crippen LogP contribution >= 0.6 is 18.7 Å². The molecular weight excluding hydrogens is 403 g/mol. The van der Waals surface area contributed by atoms with Crippen molar-refractivity contribution in [3.05, 3.63) is 76.2 Å². The number of aryl methyl sites for hydroxylation is 2. The number of methoxy groups -OCH3 is 1. The molecule has 152 valence electrons. The third kappa shape index (κ3) is 4.69. The number of esters is 1. The van der Waals surface area contributed by atoms with Crippen LogP contribution in [0.25, 0.3) is 10.4 Å². The van der Waals surface area contributed by atoms with E-state index < -0.39 is 13.3 Å². The van der Waals surface area contributed by atoms with Gasteiger partial charge < -0.3 is 9.26 Å². The van der Waals surface area contributed by atoms with E-state index in [0.717, 1.165) is 21.6 Å². The maximum atomic E-state index is 14.0. The van der Waals surface area contributed by atoms with Crippen molar-refractivity contribution in [2.45, 2.75) is 26.9 Å². The summed E-state index contributed by atoms with van der Waals surface area (Å²) < 4.78 is 24.8. The number of carbonyl (C=O) groups is 1. The molecule has 1 unspecified atom stereocenters. The molecule has 0 bridgehead atoms. The number of ether oxygens (including phenoxy) is 1. The Bertz CT molecular complexity index is 1060. The van der Waals surface area contributed by atoms with E-state index in [1.807, 2.05) is 75.4 Å². The van der Waals surface area contributed by atoms with E-state index in [-0.39, 0.29) is 6.16 Å². The number of benzene rings is 2. The summed E-state index contributed by atoms with van der Waals surface area (Å²) in [5.74, 6) is -0.421. The fourth-order valence-electron chi connectivity index (χ4n) is 3.38. The molecule has 0 saturated heterocycles. The number of rotatable bonds is 7. The van der Waals surface area contributed by atoms with Crippen LogP contribution < -0.4 is 5.30 Å². The maximum absolute atomic E-state index is 14.0. The zero-order valence-corrected chi connectivity index (χ0v) is 18.8. The molecule has 4 nitrogen and oxygen atoms in total. The van der Waals surface area contributed by atoms with Gasteiger partial charge in [-0.05, 0) is 49.6 Å². The molecule has 1 heterocycles. The van der Waals surface area contributed by atoms with E-state index in [1.54, 1.807) is 0 Å². The van der Waals surface area contributed by atoms with Crippen LogP contribution in [0.15, 0.2) is 54.6 Å². The second-order valence-corrected chi connectivity index (χ2v) is 10.3. The Morgan fingerprint density at radius 1 is 1.07 bits per heavy atom. The van der Waals surface area contributed by atoms with Crippen LogP contribution in [0, 0.1) is 13.8 Å². The first-order valence-electron chi connectivity index (χ1n) is 9.46. The summed E-state index contributed by atoms with van der Waals surface area (Å²) >= 11 is 1.35. The van der Waals surface area contributed by atoms with Gasteiger partial charge in [0.05, 0.1) is 19.9 Å². The number of thiophene rings is 1. The Balaban J connectivity index is 2.09.